The first-order valence-electron chi connectivity index (χ1n) is 6.39. The maximum atomic E-state index is 12.7. The van der Waals surface area contributed by atoms with Crippen molar-refractivity contribution in [2.24, 2.45) is 0 Å². The highest BCUT2D eigenvalue weighted by Crippen LogP contribution is 2.31. The van der Waals surface area contributed by atoms with Crippen molar-refractivity contribution < 1.29 is 27.5 Å². The molecule has 2 heterocycles. The molecule has 0 fully saturated rings. The van der Waals surface area contributed by atoms with Gasteiger partial charge in [-0.05, 0) is 31.2 Å². The van der Waals surface area contributed by atoms with Gasteiger partial charge in [0, 0.05) is 0 Å². The van der Waals surface area contributed by atoms with Crippen LogP contribution in [-0.4, -0.2) is 22.5 Å². The summed E-state index contributed by atoms with van der Waals surface area (Å²) in [5.74, 6) is -0.697. The van der Waals surface area contributed by atoms with Gasteiger partial charge in [0.1, 0.15) is 22.2 Å². The molecule has 2 aromatic rings. The Kier molecular flexibility index (Phi) is 4.67. The number of furan rings is 1. The Morgan fingerprint density at radius 1 is 1.43 bits per heavy atom. The van der Waals surface area contributed by atoms with Crippen LogP contribution in [0, 0.1) is 0 Å². The summed E-state index contributed by atoms with van der Waals surface area (Å²) in [5.41, 5.74) is -3.11. The van der Waals surface area contributed by atoms with E-state index >= 15 is 0 Å². The Balaban J connectivity index is 2.14. The van der Waals surface area contributed by atoms with E-state index in [0.29, 0.717) is 12.1 Å². The Labute approximate surface area is 134 Å². The van der Waals surface area contributed by atoms with Gasteiger partial charge in [-0.25, -0.2) is 4.98 Å². The monoisotopic (exact) mass is 348 g/mol. The number of aliphatic hydroxyl groups is 1. The number of pyridine rings is 1. The summed E-state index contributed by atoms with van der Waals surface area (Å²) in [7, 11) is 0. The molecular formula is C14H12ClF3N2O3. The van der Waals surface area contributed by atoms with Gasteiger partial charge in [-0.15, -0.1) is 0 Å². The second kappa shape index (κ2) is 6.21. The summed E-state index contributed by atoms with van der Waals surface area (Å²) in [6.45, 7) is 1.10. The highest BCUT2D eigenvalue weighted by atomic mass is 35.5. The summed E-state index contributed by atoms with van der Waals surface area (Å²) in [4.78, 5) is 15.5. The fourth-order valence-corrected chi connectivity index (χ4v) is 2.00. The zero-order valence-electron chi connectivity index (χ0n) is 11.8. The molecule has 1 amide bonds. The van der Waals surface area contributed by atoms with Gasteiger partial charge in [-0.2, -0.15) is 13.2 Å². The summed E-state index contributed by atoms with van der Waals surface area (Å²) < 4.78 is 43.1. The van der Waals surface area contributed by atoms with Crippen molar-refractivity contribution >= 4 is 17.5 Å². The van der Waals surface area contributed by atoms with E-state index in [9.17, 15) is 23.1 Å². The van der Waals surface area contributed by atoms with Gasteiger partial charge in [0.2, 0.25) is 0 Å². The predicted octanol–water partition coefficient (Wildman–Crippen LogP) is 2.98. The number of halogens is 4. The number of nitrogens with one attached hydrogen (secondary N) is 1. The maximum absolute atomic E-state index is 12.7. The molecule has 0 spiro atoms. The minimum absolute atomic E-state index is 0.202. The molecule has 0 bridgehead atoms. The molecule has 2 rings (SSSR count). The van der Waals surface area contributed by atoms with E-state index < -0.39 is 34.1 Å². The highest BCUT2D eigenvalue weighted by Gasteiger charge is 2.33. The predicted molar refractivity (Wildman–Crippen MR) is 74.9 cm³/mol. The van der Waals surface area contributed by atoms with E-state index in [4.69, 9.17) is 16.0 Å². The third-order valence-electron chi connectivity index (χ3n) is 3.00. The zero-order chi connectivity index (χ0) is 17.3. The van der Waals surface area contributed by atoms with E-state index in [-0.39, 0.29) is 12.3 Å². The Morgan fingerprint density at radius 2 is 2.13 bits per heavy atom. The third kappa shape index (κ3) is 4.23. The Bertz CT molecular complexity index is 700. The Hall–Kier alpha value is -2.06. The fourth-order valence-electron chi connectivity index (χ4n) is 1.79. The minimum Gasteiger partial charge on any atom is -0.466 e. The van der Waals surface area contributed by atoms with Gasteiger partial charge in [0.15, 0.2) is 0 Å². The molecule has 0 radical (unpaired) electrons. The minimum atomic E-state index is -4.65. The number of amides is 1. The van der Waals surface area contributed by atoms with Crippen LogP contribution in [-0.2, 0) is 11.8 Å². The quantitative estimate of drug-likeness (QED) is 0.833. The van der Waals surface area contributed by atoms with Crippen LogP contribution in [0.15, 0.2) is 34.9 Å². The Morgan fingerprint density at radius 3 is 2.70 bits per heavy atom. The molecule has 0 saturated heterocycles. The number of carbonyl (C=O) groups excluding carboxylic acids is 1. The average Bonchev–Trinajstić information content (AvgIpc) is 2.98. The molecule has 0 aliphatic carbocycles. The fraction of sp³-hybridized carbons (Fsp3) is 0.286. The van der Waals surface area contributed by atoms with Crippen LogP contribution in [0.4, 0.5) is 13.2 Å². The lowest BCUT2D eigenvalue weighted by Crippen LogP contribution is -2.38. The van der Waals surface area contributed by atoms with E-state index in [2.05, 4.69) is 10.3 Å². The normalized spacial score (nSPS) is 14.3. The second-order valence-corrected chi connectivity index (χ2v) is 5.38. The lowest BCUT2D eigenvalue weighted by molar-refractivity contribution is -0.137. The summed E-state index contributed by atoms with van der Waals surface area (Å²) in [5, 5.41) is 12.0. The molecule has 5 nitrogen and oxygen atoms in total. The molecule has 2 aromatic heterocycles. The molecule has 0 aliphatic heterocycles. The summed E-state index contributed by atoms with van der Waals surface area (Å²) >= 11 is 5.52. The van der Waals surface area contributed by atoms with Crippen molar-refractivity contribution in [2.75, 3.05) is 6.54 Å². The average molecular weight is 349 g/mol. The van der Waals surface area contributed by atoms with E-state index in [1.807, 2.05) is 0 Å². The molecule has 0 saturated carbocycles. The van der Waals surface area contributed by atoms with Crippen LogP contribution in [0.2, 0.25) is 5.15 Å². The smallest absolute Gasteiger partial charge is 0.416 e. The lowest BCUT2D eigenvalue weighted by Gasteiger charge is -2.21. The molecule has 1 atom stereocenters. The van der Waals surface area contributed by atoms with Crippen molar-refractivity contribution in [3.63, 3.8) is 0 Å². The van der Waals surface area contributed by atoms with Gasteiger partial charge in [-0.3, -0.25) is 4.79 Å². The second-order valence-electron chi connectivity index (χ2n) is 5.00. The number of carbonyl (C=O) groups is 1. The van der Waals surface area contributed by atoms with Crippen LogP contribution in [0.5, 0.6) is 0 Å². The van der Waals surface area contributed by atoms with E-state index in [1.165, 1.54) is 19.3 Å². The standard InChI is InChI=1S/C14H12ClF3N2O3/c1-13(22,10-3-2-4-23-10)7-19-12(21)9-5-8(14(16,17)18)6-11(15)20-9/h2-6,22H,7H2,1H3,(H,19,21)/t13-/m0/s1. The number of rotatable bonds is 4. The lowest BCUT2D eigenvalue weighted by atomic mass is 10.0. The first-order valence-corrected chi connectivity index (χ1v) is 6.77. The van der Waals surface area contributed by atoms with Crippen molar-refractivity contribution in [1.29, 1.82) is 0 Å². The number of alkyl halides is 3. The molecule has 0 aliphatic rings. The first kappa shape index (κ1) is 17.3. The number of aromatic nitrogens is 1. The van der Waals surface area contributed by atoms with Crippen molar-refractivity contribution in [3.05, 3.63) is 52.7 Å². The molecule has 2 N–H and O–H groups in total. The van der Waals surface area contributed by atoms with Crippen LogP contribution in [0.3, 0.4) is 0 Å². The SMILES string of the molecule is C[C@](O)(CNC(=O)c1cc(C(F)(F)F)cc(Cl)n1)c1ccco1. The van der Waals surface area contributed by atoms with Crippen LogP contribution in [0.1, 0.15) is 28.7 Å². The molecule has 0 aromatic carbocycles. The molecule has 9 heteroatoms. The number of hydrogen-bond donors (Lipinski definition) is 2. The molecule has 23 heavy (non-hydrogen) atoms. The molecular weight excluding hydrogens is 337 g/mol. The van der Waals surface area contributed by atoms with Crippen LogP contribution >= 0.6 is 11.6 Å². The van der Waals surface area contributed by atoms with Gasteiger partial charge < -0.3 is 14.8 Å². The van der Waals surface area contributed by atoms with Crippen LogP contribution < -0.4 is 5.32 Å². The topological polar surface area (TPSA) is 75.4 Å². The van der Waals surface area contributed by atoms with Crippen molar-refractivity contribution in [1.82, 2.24) is 10.3 Å². The number of nitrogens with zero attached hydrogens (tertiary/aromatic N) is 1. The first-order chi connectivity index (χ1) is 10.6. The van der Waals surface area contributed by atoms with Crippen molar-refractivity contribution in [2.45, 2.75) is 18.7 Å². The third-order valence-corrected chi connectivity index (χ3v) is 3.19. The van der Waals surface area contributed by atoms with Gasteiger partial charge in [0.05, 0.1) is 18.4 Å². The van der Waals surface area contributed by atoms with E-state index in [0.717, 1.165) is 0 Å². The maximum Gasteiger partial charge on any atom is 0.416 e. The highest BCUT2D eigenvalue weighted by molar-refractivity contribution is 6.29. The number of hydrogen-bond acceptors (Lipinski definition) is 4. The van der Waals surface area contributed by atoms with Gasteiger partial charge >= 0.3 is 6.18 Å². The molecule has 0 unspecified atom stereocenters. The summed E-state index contributed by atoms with van der Waals surface area (Å²) in [6, 6.07) is 4.27. The largest absolute Gasteiger partial charge is 0.466 e. The van der Waals surface area contributed by atoms with Gasteiger partial charge in [-0.1, -0.05) is 11.6 Å². The summed E-state index contributed by atoms with van der Waals surface area (Å²) in [6.07, 6.45) is -3.30. The zero-order valence-corrected chi connectivity index (χ0v) is 12.6. The van der Waals surface area contributed by atoms with Gasteiger partial charge in [0.25, 0.3) is 5.91 Å². The van der Waals surface area contributed by atoms with E-state index in [1.54, 1.807) is 6.07 Å². The molecule has 124 valence electrons. The van der Waals surface area contributed by atoms with Crippen molar-refractivity contribution in [3.8, 4) is 0 Å². The van der Waals surface area contributed by atoms with Crippen LogP contribution in [0.25, 0.3) is 0 Å².